The van der Waals surface area contributed by atoms with E-state index in [0.29, 0.717) is 0 Å². The van der Waals surface area contributed by atoms with Crippen molar-refractivity contribution in [2.24, 2.45) is 0 Å². The normalized spacial score (nSPS) is 10.6. The maximum Gasteiger partial charge on any atom is 0.0828 e. The van der Waals surface area contributed by atoms with Gasteiger partial charge in [0.05, 0.1) is 11.4 Å². The van der Waals surface area contributed by atoms with Gasteiger partial charge in [-0.15, -0.1) is 5.10 Å². The fourth-order valence-corrected chi connectivity index (χ4v) is 1.36. The van der Waals surface area contributed by atoms with E-state index in [0.717, 1.165) is 31.5 Å². The van der Waals surface area contributed by atoms with Crippen LogP contribution in [0.1, 0.15) is 38.1 Å². The Kier molecular flexibility index (Phi) is 3.26. The molecule has 0 aromatic carbocycles. The summed E-state index contributed by atoms with van der Waals surface area (Å²) in [5.41, 5.74) is 2.39. The van der Waals surface area contributed by atoms with Crippen molar-refractivity contribution in [2.45, 2.75) is 46.6 Å². The molecule has 3 nitrogen and oxygen atoms in total. The summed E-state index contributed by atoms with van der Waals surface area (Å²) in [4.78, 5) is 0. The largest absolute Gasteiger partial charge is 0.249 e. The van der Waals surface area contributed by atoms with Crippen LogP contribution >= 0.6 is 0 Å². The van der Waals surface area contributed by atoms with Crippen LogP contribution in [0.2, 0.25) is 0 Å². The highest BCUT2D eigenvalue weighted by atomic mass is 15.4. The average Bonchev–Trinajstić information content (AvgIpc) is 2.37. The van der Waals surface area contributed by atoms with Gasteiger partial charge in [-0.1, -0.05) is 25.5 Å². The van der Waals surface area contributed by atoms with Crippen LogP contribution in [-0.4, -0.2) is 15.0 Å². The molecule has 1 rings (SSSR count). The van der Waals surface area contributed by atoms with Crippen molar-refractivity contribution in [1.29, 1.82) is 0 Å². The Morgan fingerprint density at radius 1 is 1.25 bits per heavy atom. The number of nitrogens with zero attached hydrogens (tertiary/aromatic N) is 3. The molecule has 0 saturated heterocycles. The molecular weight excluding hydrogens is 150 g/mol. The average molecular weight is 167 g/mol. The molecule has 0 saturated carbocycles. The molecule has 0 N–H and O–H groups in total. The standard InChI is InChI=1S/C9H17N3/c1-4-6-9-8(3)10-11-12(9)7-5-2/h4-7H2,1-3H3. The zero-order chi connectivity index (χ0) is 8.97. The fourth-order valence-electron chi connectivity index (χ4n) is 1.36. The lowest BCUT2D eigenvalue weighted by molar-refractivity contribution is 0.552. The molecule has 0 amide bonds. The Hall–Kier alpha value is -0.860. The number of hydrogen-bond donors (Lipinski definition) is 0. The predicted molar refractivity (Wildman–Crippen MR) is 49.0 cm³/mol. The summed E-state index contributed by atoms with van der Waals surface area (Å²) in [6.45, 7) is 7.37. The molecule has 0 radical (unpaired) electrons. The first-order valence-electron chi connectivity index (χ1n) is 4.68. The van der Waals surface area contributed by atoms with Crippen LogP contribution in [0.4, 0.5) is 0 Å². The molecular formula is C9H17N3. The molecule has 12 heavy (non-hydrogen) atoms. The van der Waals surface area contributed by atoms with Crippen LogP contribution in [0.3, 0.4) is 0 Å². The van der Waals surface area contributed by atoms with Crippen LogP contribution in [0.5, 0.6) is 0 Å². The highest BCUT2D eigenvalue weighted by molar-refractivity contribution is 5.07. The quantitative estimate of drug-likeness (QED) is 0.686. The lowest BCUT2D eigenvalue weighted by Gasteiger charge is -2.03. The van der Waals surface area contributed by atoms with E-state index in [1.54, 1.807) is 0 Å². The summed E-state index contributed by atoms with van der Waals surface area (Å²) in [6.07, 6.45) is 3.39. The minimum atomic E-state index is 0.996. The van der Waals surface area contributed by atoms with E-state index in [9.17, 15) is 0 Å². The summed E-state index contributed by atoms with van der Waals surface area (Å²) in [5.74, 6) is 0. The van der Waals surface area contributed by atoms with Gasteiger partial charge in [-0.3, -0.25) is 0 Å². The predicted octanol–water partition coefficient (Wildman–Crippen LogP) is 1.95. The molecule has 0 bridgehead atoms. The van der Waals surface area contributed by atoms with E-state index in [-0.39, 0.29) is 0 Å². The minimum absolute atomic E-state index is 0.996. The second kappa shape index (κ2) is 4.24. The number of aromatic nitrogens is 3. The molecule has 3 heteroatoms. The van der Waals surface area contributed by atoms with Crippen molar-refractivity contribution in [1.82, 2.24) is 15.0 Å². The third-order valence-corrected chi connectivity index (χ3v) is 1.95. The van der Waals surface area contributed by atoms with E-state index in [4.69, 9.17) is 0 Å². The van der Waals surface area contributed by atoms with E-state index >= 15 is 0 Å². The van der Waals surface area contributed by atoms with Crippen LogP contribution < -0.4 is 0 Å². The van der Waals surface area contributed by atoms with Crippen molar-refractivity contribution in [2.75, 3.05) is 0 Å². The van der Waals surface area contributed by atoms with Gasteiger partial charge >= 0.3 is 0 Å². The third kappa shape index (κ3) is 1.84. The van der Waals surface area contributed by atoms with Gasteiger partial charge in [0.25, 0.3) is 0 Å². The lowest BCUT2D eigenvalue weighted by Crippen LogP contribution is -2.04. The second-order valence-electron chi connectivity index (χ2n) is 3.09. The van der Waals surface area contributed by atoms with Gasteiger partial charge in [-0.05, 0) is 19.8 Å². The second-order valence-corrected chi connectivity index (χ2v) is 3.09. The number of rotatable bonds is 4. The summed E-state index contributed by atoms with van der Waals surface area (Å²) in [5, 5.41) is 8.16. The zero-order valence-corrected chi connectivity index (χ0v) is 8.17. The summed E-state index contributed by atoms with van der Waals surface area (Å²) in [6, 6.07) is 0. The molecule has 68 valence electrons. The van der Waals surface area contributed by atoms with Gasteiger partial charge in [0.2, 0.25) is 0 Å². The third-order valence-electron chi connectivity index (χ3n) is 1.95. The maximum absolute atomic E-state index is 4.09. The van der Waals surface area contributed by atoms with Crippen LogP contribution in [0, 0.1) is 6.92 Å². The first-order valence-corrected chi connectivity index (χ1v) is 4.68. The molecule has 0 aliphatic rings. The van der Waals surface area contributed by atoms with Gasteiger partial charge in [0.1, 0.15) is 0 Å². The molecule has 1 aromatic heterocycles. The first-order chi connectivity index (χ1) is 5.79. The van der Waals surface area contributed by atoms with E-state index < -0.39 is 0 Å². The summed E-state index contributed by atoms with van der Waals surface area (Å²) in [7, 11) is 0. The van der Waals surface area contributed by atoms with Gasteiger partial charge in [0, 0.05) is 6.54 Å². The van der Waals surface area contributed by atoms with Gasteiger partial charge < -0.3 is 0 Å². The van der Waals surface area contributed by atoms with Crippen molar-refractivity contribution in [3.63, 3.8) is 0 Å². The molecule has 1 aromatic rings. The lowest BCUT2D eigenvalue weighted by atomic mass is 10.2. The van der Waals surface area contributed by atoms with E-state index in [1.165, 1.54) is 5.69 Å². The zero-order valence-electron chi connectivity index (χ0n) is 8.17. The monoisotopic (exact) mass is 167 g/mol. The van der Waals surface area contributed by atoms with Crippen molar-refractivity contribution >= 4 is 0 Å². The Bertz CT molecular complexity index is 240. The summed E-state index contributed by atoms with van der Waals surface area (Å²) < 4.78 is 2.03. The summed E-state index contributed by atoms with van der Waals surface area (Å²) >= 11 is 0. The van der Waals surface area contributed by atoms with Crippen LogP contribution in [0.15, 0.2) is 0 Å². The first kappa shape index (κ1) is 9.23. The van der Waals surface area contributed by atoms with Gasteiger partial charge in [-0.25, -0.2) is 4.68 Å². The molecule has 0 fully saturated rings. The van der Waals surface area contributed by atoms with Crippen LogP contribution in [0.25, 0.3) is 0 Å². The Morgan fingerprint density at radius 3 is 2.58 bits per heavy atom. The smallest absolute Gasteiger partial charge is 0.0828 e. The molecule has 1 heterocycles. The molecule has 0 unspecified atom stereocenters. The number of aryl methyl sites for hydroxylation is 2. The van der Waals surface area contributed by atoms with Gasteiger partial charge in [0.15, 0.2) is 0 Å². The Labute approximate surface area is 73.8 Å². The van der Waals surface area contributed by atoms with E-state index in [1.807, 2.05) is 11.6 Å². The van der Waals surface area contributed by atoms with Crippen molar-refractivity contribution in [3.8, 4) is 0 Å². The molecule has 0 spiro atoms. The highest BCUT2D eigenvalue weighted by Gasteiger charge is 2.06. The highest BCUT2D eigenvalue weighted by Crippen LogP contribution is 2.07. The molecule has 0 aliphatic heterocycles. The SMILES string of the molecule is CCCc1c(C)nnn1CCC. The Balaban J connectivity index is 2.80. The Morgan fingerprint density at radius 2 is 2.00 bits per heavy atom. The van der Waals surface area contributed by atoms with E-state index in [2.05, 4.69) is 24.2 Å². The van der Waals surface area contributed by atoms with Crippen molar-refractivity contribution in [3.05, 3.63) is 11.4 Å². The topological polar surface area (TPSA) is 30.7 Å². The fraction of sp³-hybridized carbons (Fsp3) is 0.778. The maximum atomic E-state index is 4.09. The van der Waals surface area contributed by atoms with Crippen molar-refractivity contribution < 1.29 is 0 Å². The van der Waals surface area contributed by atoms with Gasteiger partial charge in [-0.2, -0.15) is 0 Å². The van der Waals surface area contributed by atoms with Crippen LogP contribution in [-0.2, 0) is 13.0 Å². The molecule has 0 atom stereocenters. The molecule has 0 aliphatic carbocycles. The number of hydrogen-bond acceptors (Lipinski definition) is 2. The minimum Gasteiger partial charge on any atom is -0.249 e.